The predicted molar refractivity (Wildman–Crippen MR) is 161 cm³/mol. The van der Waals surface area contributed by atoms with Crippen molar-refractivity contribution in [3.63, 3.8) is 0 Å². The van der Waals surface area contributed by atoms with Gasteiger partial charge in [-0.05, 0) is 57.0 Å². The molecule has 0 unspecified atom stereocenters. The number of benzene rings is 1. The van der Waals surface area contributed by atoms with Crippen molar-refractivity contribution >= 4 is 52.3 Å². The van der Waals surface area contributed by atoms with Gasteiger partial charge in [0.25, 0.3) is 0 Å². The van der Waals surface area contributed by atoms with Crippen LogP contribution in [0.3, 0.4) is 0 Å². The van der Waals surface area contributed by atoms with E-state index in [1.54, 1.807) is 40.1 Å². The molecule has 1 aliphatic rings. The Hall–Kier alpha value is -4.03. The second-order valence-electron chi connectivity index (χ2n) is 10.5. The Balaban J connectivity index is 1.61. The second kappa shape index (κ2) is 12.2. The first-order valence-electron chi connectivity index (χ1n) is 12.9. The van der Waals surface area contributed by atoms with E-state index in [1.165, 1.54) is 21.1 Å². The van der Waals surface area contributed by atoms with Crippen molar-refractivity contribution in [1.82, 2.24) is 19.8 Å². The number of aliphatic imine (C=N–C) groups is 1. The Morgan fingerprint density at radius 2 is 1.93 bits per heavy atom. The Morgan fingerprint density at radius 1 is 1.17 bits per heavy atom. The maximum absolute atomic E-state index is 13.3. The first-order chi connectivity index (χ1) is 19.3. The number of thiazole rings is 1. The van der Waals surface area contributed by atoms with Gasteiger partial charge in [-0.15, -0.1) is 0 Å². The maximum atomic E-state index is 13.3. The number of nitrogens with two attached hydrogens (primary N) is 1. The number of hydrogen-bond acceptors (Lipinski definition) is 8. The van der Waals surface area contributed by atoms with Crippen LogP contribution < -0.4 is 11.1 Å². The van der Waals surface area contributed by atoms with E-state index in [9.17, 15) is 14.4 Å². The van der Waals surface area contributed by atoms with Gasteiger partial charge in [-0.1, -0.05) is 41.1 Å². The molecule has 1 aromatic carbocycles. The summed E-state index contributed by atoms with van der Waals surface area (Å²) in [6.07, 6.45) is 1.09. The molecule has 4 amide bonds. The van der Waals surface area contributed by atoms with Crippen LogP contribution in [0.5, 0.6) is 0 Å². The second-order valence-corrected chi connectivity index (χ2v) is 11.9. The average molecular weight is 598 g/mol. The van der Waals surface area contributed by atoms with Gasteiger partial charge in [0.15, 0.2) is 5.13 Å². The van der Waals surface area contributed by atoms with Crippen molar-refractivity contribution in [2.75, 3.05) is 32.0 Å². The van der Waals surface area contributed by atoms with Crippen LogP contribution in [0.2, 0.25) is 5.15 Å². The normalized spacial score (nSPS) is 15.7. The highest BCUT2D eigenvalue weighted by Gasteiger charge is 2.38. The first-order valence-corrected chi connectivity index (χ1v) is 14.1. The molecule has 1 saturated heterocycles. The molecule has 3 N–H and O–H groups in total. The van der Waals surface area contributed by atoms with Gasteiger partial charge < -0.3 is 15.4 Å². The maximum Gasteiger partial charge on any atom is 0.411 e. The topological polar surface area (TPSA) is 143 Å². The van der Waals surface area contributed by atoms with E-state index >= 15 is 0 Å². The molecular formula is C28H32ClN7O4S. The van der Waals surface area contributed by atoms with Crippen LogP contribution in [0, 0.1) is 6.92 Å². The molecule has 1 aliphatic heterocycles. The molecule has 3 aromatic rings. The quantitative estimate of drug-likeness (QED) is 0.319. The zero-order chi connectivity index (χ0) is 29.9. The monoisotopic (exact) mass is 597 g/mol. The molecule has 1 atom stereocenters. The standard InChI is InChI=1S/C28H32ClN7O4S/c1-16-11-19(13-21(29)32-16)23-22(18-8-6-7-17(12-18)14-31-5)33-25(41-23)34-26(38)35-9-10-36(20(15-35)24(30)37)27(39)40-28(2,3)4/h6-8,11-14,20H,9-10,15H2,1-5H3,(H2,30,37)(H,33,34,38)/b31-14-/t20-/m1/s1. The fourth-order valence-corrected chi connectivity index (χ4v) is 5.58. The summed E-state index contributed by atoms with van der Waals surface area (Å²) in [4.78, 5) is 54.8. The smallest absolute Gasteiger partial charge is 0.411 e. The number of anilines is 1. The van der Waals surface area contributed by atoms with E-state index in [0.717, 1.165) is 27.3 Å². The average Bonchev–Trinajstić information content (AvgIpc) is 3.31. The lowest BCUT2D eigenvalue weighted by Crippen LogP contribution is -2.61. The van der Waals surface area contributed by atoms with Crippen LogP contribution in [0.1, 0.15) is 32.0 Å². The van der Waals surface area contributed by atoms with Gasteiger partial charge in [-0.3, -0.25) is 20.0 Å². The van der Waals surface area contributed by atoms with Crippen LogP contribution in [-0.4, -0.2) is 82.3 Å². The van der Waals surface area contributed by atoms with E-state index in [1.807, 2.05) is 37.3 Å². The minimum atomic E-state index is -1.03. The van der Waals surface area contributed by atoms with E-state index in [2.05, 4.69) is 15.3 Å². The third-order valence-electron chi connectivity index (χ3n) is 6.09. The van der Waals surface area contributed by atoms with Crippen molar-refractivity contribution in [2.45, 2.75) is 39.3 Å². The number of carbonyl (C=O) groups excluding carboxylic acids is 3. The Labute approximate surface area is 247 Å². The number of nitrogens with one attached hydrogen (secondary N) is 1. The third kappa shape index (κ3) is 7.39. The molecule has 2 aromatic heterocycles. The number of nitrogens with zero attached hydrogens (tertiary/aromatic N) is 5. The summed E-state index contributed by atoms with van der Waals surface area (Å²) in [7, 11) is 1.70. The number of halogens is 1. The number of primary amides is 1. The molecule has 0 bridgehead atoms. The lowest BCUT2D eigenvalue weighted by atomic mass is 10.0. The molecule has 0 aliphatic carbocycles. The summed E-state index contributed by atoms with van der Waals surface area (Å²) in [5.74, 6) is -0.729. The van der Waals surface area contributed by atoms with Crippen molar-refractivity contribution in [3.8, 4) is 21.7 Å². The van der Waals surface area contributed by atoms with Crippen molar-refractivity contribution in [2.24, 2.45) is 10.7 Å². The molecule has 0 saturated carbocycles. The van der Waals surface area contributed by atoms with Gasteiger partial charge in [0.1, 0.15) is 16.8 Å². The number of aromatic nitrogens is 2. The molecule has 3 heterocycles. The van der Waals surface area contributed by atoms with Crippen LogP contribution in [-0.2, 0) is 9.53 Å². The zero-order valence-electron chi connectivity index (χ0n) is 23.5. The molecule has 1 fully saturated rings. The van der Waals surface area contributed by atoms with Crippen molar-refractivity contribution in [1.29, 1.82) is 0 Å². The number of hydrogen-bond donors (Lipinski definition) is 2. The summed E-state index contributed by atoms with van der Waals surface area (Å²) >= 11 is 7.56. The number of rotatable bonds is 5. The number of piperazine rings is 1. The third-order valence-corrected chi connectivity index (χ3v) is 7.30. The zero-order valence-corrected chi connectivity index (χ0v) is 25.0. The molecule has 13 heteroatoms. The molecule has 41 heavy (non-hydrogen) atoms. The largest absolute Gasteiger partial charge is 0.444 e. The van der Waals surface area contributed by atoms with Crippen LogP contribution >= 0.6 is 22.9 Å². The molecule has 4 rings (SSSR count). The van der Waals surface area contributed by atoms with Gasteiger partial charge in [0, 0.05) is 37.6 Å². The Kier molecular flexibility index (Phi) is 8.93. The van der Waals surface area contributed by atoms with Crippen molar-refractivity contribution < 1.29 is 19.1 Å². The highest BCUT2D eigenvalue weighted by Crippen LogP contribution is 2.40. The number of ether oxygens (including phenoxy) is 1. The summed E-state index contributed by atoms with van der Waals surface area (Å²) in [6, 6.07) is 9.89. The van der Waals surface area contributed by atoms with E-state index in [0.29, 0.717) is 16.0 Å². The van der Waals surface area contributed by atoms with E-state index in [4.69, 9.17) is 27.1 Å². The lowest BCUT2D eigenvalue weighted by molar-refractivity contribution is -0.124. The number of carbonyl (C=O) groups is 3. The summed E-state index contributed by atoms with van der Waals surface area (Å²) in [5, 5.41) is 3.55. The fraction of sp³-hybridized carbons (Fsp3) is 0.357. The van der Waals surface area contributed by atoms with Gasteiger partial charge >= 0.3 is 12.1 Å². The first kappa shape index (κ1) is 29.9. The van der Waals surface area contributed by atoms with Crippen molar-refractivity contribution in [3.05, 3.63) is 52.8 Å². The molecular weight excluding hydrogens is 566 g/mol. The minimum Gasteiger partial charge on any atom is -0.444 e. The van der Waals surface area contributed by atoms with Gasteiger partial charge in [-0.2, -0.15) is 0 Å². The Bertz CT molecular complexity index is 1480. The lowest BCUT2D eigenvalue weighted by Gasteiger charge is -2.39. The van der Waals surface area contributed by atoms with Gasteiger partial charge in [-0.25, -0.2) is 19.6 Å². The van der Waals surface area contributed by atoms with E-state index in [-0.39, 0.29) is 19.6 Å². The van der Waals surface area contributed by atoms with Crippen LogP contribution in [0.25, 0.3) is 21.7 Å². The number of amides is 4. The van der Waals surface area contributed by atoms with Crippen LogP contribution in [0.15, 0.2) is 41.4 Å². The molecule has 0 spiro atoms. The molecule has 11 nitrogen and oxygen atoms in total. The number of urea groups is 1. The van der Waals surface area contributed by atoms with Crippen LogP contribution in [0.4, 0.5) is 14.7 Å². The summed E-state index contributed by atoms with van der Waals surface area (Å²) < 4.78 is 5.42. The summed E-state index contributed by atoms with van der Waals surface area (Å²) in [6.45, 7) is 7.24. The Morgan fingerprint density at radius 3 is 2.59 bits per heavy atom. The molecule has 0 radical (unpaired) electrons. The highest BCUT2D eigenvalue weighted by molar-refractivity contribution is 7.19. The highest BCUT2D eigenvalue weighted by atomic mass is 35.5. The van der Waals surface area contributed by atoms with E-state index < -0.39 is 29.7 Å². The minimum absolute atomic E-state index is 0.0803. The number of aryl methyl sites for hydroxylation is 1. The predicted octanol–water partition coefficient (Wildman–Crippen LogP) is 4.82. The number of pyridine rings is 1. The SMILES string of the molecule is C/N=C\c1cccc(-c2nc(NC(=O)N3CCN(C(=O)OC(C)(C)C)[C@@H](C(N)=O)C3)sc2-c2cc(C)nc(Cl)c2)c1. The van der Waals surface area contributed by atoms with Gasteiger partial charge in [0.2, 0.25) is 5.91 Å². The van der Waals surface area contributed by atoms with Gasteiger partial charge in [0.05, 0.1) is 17.1 Å². The summed E-state index contributed by atoms with van der Waals surface area (Å²) in [5.41, 5.74) is 8.80. The fourth-order valence-electron chi connectivity index (χ4n) is 4.36. The molecule has 216 valence electrons.